The van der Waals surface area contributed by atoms with E-state index in [2.05, 4.69) is 29.5 Å². The minimum Gasteiger partial charge on any atom is -0.356 e. The van der Waals surface area contributed by atoms with Crippen molar-refractivity contribution in [2.24, 2.45) is 21.5 Å². The van der Waals surface area contributed by atoms with Gasteiger partial charge in [-0.2, -0.15) is 0 Å². The molecule has 0 unspecified atom stereocenters. The molecule has 1 aliphatic rings. The van der Waals surface area contributed by atoms with Gasteiger partial charge in [-0.3, -0.25) is 4.79 Å². The maximum atomic E-state index is 11.9. The third-order valence-corrected chi connectivity index (χ3v) is 6.52. The van der Waals surface area contributed by atoms with Crippen LogP contribution in [-0.4, -0.2) is 52.4 Å². The van der Waals surface area contributed by atoms with E-state index in [1.54, 1.807) is 26.2 Å². The number of halogens is 1. The Kier molecular flexibility index (Phi) is 10.7. The molecule has 0 bridgehead atoms. The molecule has 0 radical (unpaired) electrons. The zero-order valence-electron chi connectivity index (χ0n) is 18.8. The van der Waals surface area contributed by atoms with Gasteiger partial charge in [-0.25, -0.2) is 18.5 Å². The first-order valence-electron chi connectivity index (χ1n) is 10.3. The molecule has 0 heterocycles. The highest BCUT2D eigenvalue weighted by Gasteiger charge is 2.26. The minimum absolute atomic E-state index is 0. The number of guanidine groups is 1. The van der Waals surface area contributed by atoms with E-state index in [0.29, 0.717) is 23.8 Å². The van der Waals surface area contributed by atoms with Crippen LogP contribution in [0.3, 0.4) is 0 Å². The molecule has 1 saturated carbocycles. The van der Waals surface area contributed by atoms with Crippen molar-refractivity contribution < 1.29 is 13.2 Å². The van der Waals surface area contributed by atoms with Gasteiger partial charge in [0.2, 0.25) is 15.9 Å². The van der Waals surface area contributed by atoms with E-state index in [9.17, 15) is 13.2 Å². The number of nitrogens with one attached hydrogen (secondary N) is 2. The van der Waals surface area contributed by atoms with Crippen LogP contribution < -0.4 is 15.8 Å². The number of hydrogen-bond donors (Lipinski definition) is 3. The molecule has 176 valence electrons. The zero-order chi connectivity index (χ0) is 22.4. The molecular formula is C21H36IN5O3S. The van der Waals surface area contributed by atoms with Crippen molar-refractivity contribution in [3.63, 3.8) is 0 Å². The smallest absolute Gasteiger partial charge is 0.241 e. The Bertz CT molecular complexity index is 844. The molecule has 1 aromatic rings. The molecule has 1 aromatic carbocycles. The lowest BCUT2D eigenvalue weighted by molar-refractivity contribution is -0.127. The van der Waals surface area contributed by atoms with Gasteiger partial charge < -0.3 is 15.5 Å². The van der Waals surface area contributed by atoms with E-state index < -0.39 is 10.0 Å². The fraction of sp³-hybridized carbons (Fsp3) is 0.619. The summed E-state index contributed by atoms with van der Waals surface area (Å²) in [6, 6.07) is 6.32. The standard InChI is InChI=1S/C21H35N5O3S.HI/c1-21(2)11-9-17(10-12-21)14-24-20(25-15-19(27)26(3)4)23-13-16-5-7-18(8-6-16)30(22,28)29;/h5-8,17H,9-15H2,1-4H3,(H2,22,28,29)(H2,23,24,25);1H. The van der Waals surface area contributed by atoms with Gasteiger partial charge in [0.1, 0.15) is 0 Å². The van der Waals surface area contributed by atoms with Crippen LogP contribution in [0.2, 0.25) is 0 Å². The number of hydrogen-bond acceptors (Lipinski definition) is 4. The van der Waals surface area contributed by atoms with Crippen LogP contribution in [0, 0.1) is 11.3 Å². The molecule has 1 aliphatic carbocycles. The number of rotatable bonds is 7. The van der Waals surface area contributed by atoms with Gasteiger partial charge in [-0.05, 0) is 54.7 Å². The molecule has 31 heavy (non-hydrogen) atoms. The van der Waals surface area contributed by atoms with E-state index in [1.165, 1.54) is 42.7 Å². The number of nitrogens with two attached hydrogens (primary N) is 1. The molecule has 0 saturated heterocycles. The molecule has 0 atom stereocenters. The fourth-order valence-corrected chi connectivity index (χ4v) is 3.87. The monoisotopic (exact) mass is 565 g/mol. The molecule has 0 aromatic heterocycles. The normalized spacial score (nSPS) is 16.9. The number of primary sulfonamides is 1. The molecule has 0 spiro atoms. The maximum absolute atomic E-state index is 11.9. The van der Waals surface area contributed by atoms with Gasteiger partial charge in [0.05, 0.1) is 18.0 Å². The van der Waals surface area contributed by atoms with E-state index in [0.717, 1.165) is 12.1 Å². The van der Waals surface area contributed by atoms with Crippen molar-refractivity contribution in [1.82, 2.24) is 15.5 Å². The van der Waals surface area contributed by atoms with Gasteiger partial charge >= 0.3 is 0 Å². The number of amides is 1. The quantitative estimate of drug-likeness (QED) is 0.267. The Labute approximate surface area is 203 Å². The second kappa shape index (κ2) is 12.0. The van der Waals surface area contributed by atoms with Crippen LogP contribution in [-0.2, 0) is 21.4 Å². The summed E-state index contributed by atoms with van der Waals surface area (Å²) in [5.41, 5.74) is 1.27. The predicted molar refractivity (Wildman–Crippen MR) is 135 cm³/mol. The topological polar surface area (TPSA) is 117 Å². The lowest BCUT2D eigenvalue weighted by atomic mass is 9.73. The number of sulfonamides is 1. The summed E-state index contributed by atoms with van der Waals surface area (Å²) < 4.78 is 22.8. The summed E-state index contributed by atoms with van der Waals surface area (Å²) in [6.45, 7) is 5.95. The van der Waals surface area contributed by atoms with Crippen molar-refractivity contribution in [2.45, 2.75) is 51.0 Å². The average molecular weight is 566 g/mol. The van der Waals surface area contributed by atoms with Gasteiger partial charge in [0.15, 0.2) is 5.96 Å². The first-order chi connectivity index (χ1) is 14.0. The maximum Gasteiger partial charge on any atom is 0.241 e. The fourth-order valence-electron chi connectivity index (χ4n) is 3.35. The summed E-state index contributed by atoms with van der Waals surface area (Å²) >= 11 is 0. The molecular weight excluding hydrogens is 529 g/mol. The van der Waals surface area contributed by atoms with Crippen molar-refractivity contribution >= 4 is 45.9 Å². The first-order valence-corrected chi connectivity index (χ1v) is 11.8. The second-order valence-electron chi connectivity index (χ2n) is 8.98. The Balaban J connectivity index is 0.00000480. The highest BCUT2D eigenvalue weighted by atomic mass is 127. The molecule has 2 rings (SSSR count). The third kappa shape index (κ3) is 9.73. The van der Waals surface area contributed by atoms with Crippen LogP contribution in [0.1, 0.15) is 45.1 Å². The van der Waals surface area contributed by atoms with E-state index in [1.807, 2.05) is 0 Å². The molecule has 4 N–H and O–H groups in total. The van der Waals surface area contributed by atoms with E-state index in [4.69, 9.17) is 5.14 Å². The highest BCUT2D eigenvalue weighted by molar-refractivity contribution is 14.0. The molecule has 0 aliphatic heterocycles. The number of carbonyl (C=O) groups is 1. The molecule has 1 amide bonds. The Morgan fingerprint density at radius 3 is 2.26 bits per heavy atom. The van der Waals surface area contributed by atoms with Gasteiger partial charge in [-0.1, -0.05) is 26.0 Å². The SMILES string of the molecule is CN(C)C(=O)CNC(=NCc1ccc(S(N)(=O)=O)cc1)NCC1CCC(C)(C)CC1.I. The van der Waals surface area contributed by atoms with Gasteiger partial charge in [0.25, 0.3) is 0 Å². The van der Waals surface area contributed by atoms with Crippen LogP contribution in [0.15, 0.2) is 34.2 Å². The van der Waals surface area contributed by atoms with Crippen molar-refractivity contribution in [1.29, 1.82) is 0 Å². The predicted octanol–water partition coefficient (Wildman–Crippen LogP) is 2.29. The lowest BCUT2D eigenvalue weighted by Crippen LogP contribution is -2.44. The summed E-state index contributed by atoms with van der Waals surface area (Å²) in [5, 5.41) is 11.6. The van der Waals surface area contributed by atoms with E-state index >= 15 is 0 Å². The number of aliphatic imine (C=N–C) groups is 1. The Morgan fingerprint density at radius 2 is 1.74 bits per heavy atom. The number of nitrogens with zero attached hydrogens (tertiary/aromatic N) is 2. The summed E-state index contributed by atoms with van der Waals surface area (Å²) in [5.74, 6) is 1.12. The zero-order valence-corrected chi connectivity index (χ0v) is 22.0. The summed E-state index contributed by atoms with van der Waals surface area (Å²) in [4.78, 5) is 18.1. The largest absolute Gasteiger partial charge is 0.356 e. The van der Waals surface area contributed by atoms with Crippen molar-refractivity contribution in [3.05, 3.63) is 29.8 Å². The number of benzene rings is 1. The lowest BCUT2D eigenvalue weighted by Gasteiger charge is -2.34. The Morgan fingerprint density at radius 1 is 1.16 bits per heavy atom. The van der Waals surface area contributed by atoms with Crippen LogP contribution in [0.25, 0.3) is 0 Å². The number of likely N-dealkylation sites (N-methyl/N-ethyl adjacent to an activating group) is 1. The number of carbonyl (C=O) groups excluding carboxylic acids is 1. The highest BCUT2D eigenvalue weighted by Crippen LogP contribution is 2.37. The Hall–Kier alpha value is -1.40. The van der Waals surface area contributed by atoms with E-state index in [-0.39, 0.29) is 41.3 Å². The molecule has 1 fully saturated rings. The second-order valence-corrected chi connectivity index (χ2v) is 10.5. The van der Waals surface area contributed by atoms with Gasteiger partial charge in [-0.15, -0.1) is 24.0 Å². The van der Waals surface area contributed by atoms with Crippen molar-refractivity contribution in [2.75, 3.05) is 27.2 Å². The van der Waals surface area contributed by atoms with Crippen LogP contribution >= 0.6 is 24.0 Å². The van der Waals surface area contributed by atoms with Crippen LogP contribution in [0.5, 0.6) is 0 Å². The summed E-state index contributed by atoms with van der Waals surface area (Å²) in [7, 11) is -0.283. The average Bonchev–Trinajstić information content (AvgIpc) is 2.67. The minimum atomic E-state index is -3.71. The van der Waals surface area contributed by atoms with Gasteiger partial charge in [0, 0.05) is 20.6 Å². The summed E-state index contributed by atoms with van der Waals surface area (Å²) in [6.07, 6.45) is 4.79. The third-order valence-electron chi connectivity index (χ3n) is 5.59. The molecule has 10 heteroatoms. The molecule has 8 nitrogen and oxygen atoms in total. The first kappa shape index (κ1) is 27.6. The van der Waals surface area contributed by atoms with Crippen molar-refractivity contribution in [3.8, 4) is 0 Å². The van der Waals surface area contributed by atoms with Crippen LogP contribution in [0.4, 0.5) is 0 Å².